The predicted molar refractivity (Wildman–Crippen MR) is 132 cm³/mol. The number of allylic oxidation sites excluding steroid dienone is 2. The molecule has 5 aliphatic rings. The van der Waals surface area contributed by atoms with Crippen LogP contribution < -0.4 is 4.74 Å². The third-order valence-electron chi connectivity index (χ3n) is 7.87. The fraction of sp³-hybridized carbons (Fsp3) is 0.321. The first-order valence-corrected chi connectivity index (χ1v) is 12.9. The maximum atomic E-state index is 13.0. The van der Waals surface area contributed by atoms with E-state index in [1.165, 1.54) is 24.3 Å². The molecular weight excluding hydrogens is 542 g/mol. The third kappa shape index (κ3) is 4.21. The van der Waals surface area contributed by atoms with E-state index < -0.39 is 30.9 Å². The Morgan fingerprint density at radius 1 is 0.838 bits per heavy atom. The lowest BCUT2D eigenvalue weighted by Gasteiger charge is -2.37. The summed E-state index contributed by atoms with van der Waals surface area (Å²) in [4.78, 5) is 64.1. The van der Waals surface area contributed by atoms with Crippen molar-refractivity contribution in [1.82, 2.24) is 4.90 Å². The largest absolute Gasteiger partial charge is 0.456 e. The number of carbonyl (C=O) groups is 5. The maximum absolute atomic E-state index is 13.0. The minimum atomic E-state index is -0.806. The number of hydrogen-bond donors (Lipinski definition) is 0. The molecule has 188 valence electrons. The molecule has 1 heterocycles. The number of Topliss-reactive ketones (excluding diaryl/α,β-unsaturated/α-hetero) is 1. The Kier molecular flexibility index (Phi) is 5.82. The van der Waals surface area contributed by atoms with Gasteiger partial charge in [0.25, 0.3) is 0 Å². The van der Waals surface area contributed by atoms with Crippen LogP contribution in [0.5, 0.6) is 5.75 Å². The van der Waals surface area contributed by atoms with Gasteiger partial charge in [-0.3, -0.25) is 24.1 Å². The van der Waals surface area contributed by atoms with E-state index in [1.807, 2.05) is 0 Å². The molecule has 9 heteroatoms. The molecule has 1 saturated heterocycles. The van der Waals surface area contributed by atoms with Crippen LogP contribution in [0.4, 0.5) is 0 Å². The van der Waals surface area contributed by atoms with Gasteiger partial charge in [0.15, 0.2) is 12.4 Å². The van der Waals surface area contributed by atoms with Crippen LogP contribution in [-0.4, -0.2) is 47.6 Å². The van der Waals surface area contributed by atoms with E-state index >= 15 is 0 Å². The number of hydrogen-bond acceptors (Lipinski definition) is 7. The zero-order chi connectivity index (χ0) is 25.8. The van der Waals surface area contributed by atoms with Crippen molar-refractivity contribution in [1.29, 1.82) is 0 Å². The molecule has 0 radical (unpaired) electrons. The van der Waals surface area contributed by atoms with Gasteiger partial charge < -0.3 is 9.47 Å². The number of nitrogens with zero attached hydrogens (tertiary/aromatic N) is 1. The highest BCUT2D eigenvalue weighted by atomic mass is 79.9. The van der Waals surface area contributed by atoms with E-state index in [-0.39, 0.29) is 46.8 Å². The molecule has 2 amide bonds. The molecule has 0 spiro atoms. The van der Waals surface area contributed by atoms with Crippen molar-refractivity contribution in [2.24, 2.45) is 35.5 Å². The van der Waals surface area contributed by atoms with Crippen molar-refractivity contribution >= 4 is 45.5 Å². The Bertz CT molecular complexity index is 1310. The minimum Gasteiger partial charge on any atom is -0.456 e. The van der Waals surface area contributed by atoms with Crippen molar-refractivity contribution in [2.75, 3.05) is 13.2 Å². The van der Waals surface area contributed by atoms with E-state index in [1.54, 1.807) is 24.3 Å². The van der Waals surface area contributed by atoms with Crippen molar-refractivity contribution < 1.29 is 33.4 Å². The Labute approximate surface area is 220 Å². The lowest BCUT2D eigenvalue weighted by Crippen LogP contribution is -2.40. The zero-order valence-electron chi connectivity index (χ0n) is 19.5. The van der Waals surface area contributed by atoms with E-state index in [2.05, 4.69) is 28.1 Å². The molecule has 6 atom stereocenters. The zero-order valence-corrected chi connectivity index (χ0v) is 21.1. The highest BCUT2D eigenvalue weighted by Gasteiger charge is 2.67. The van der Waals surface area contributed by atoms with Crippen LogP contribution in [0, 0.1) is 35.5 Å². The molecule has 2 aromatic rings. The minimum absolute atomic E-state index is 0.0798. The van der Waals surface area contributed by atoms with Crippen molar-refractivity contribution in [3.8, 4) is 5.75 Å². The lowest BCUT2D eigenvalue weighted by atomic mass is 9.63. The van der Waals surface area contributed by atoms with Gasteiger partial charge >= 0.3 is 11.9 Å². The number of ether oxygens (including phenoxy) is 2. The molecule has 3 fully saturated rings. The summed E-state index contributed by atoms with van der Waals surface area (Å²) >= 11 is 3.30. The lowest BCUT2D eigenvalue weighted by molar-refractivity contribution is -0.152. The first-order valence-electron chi connectivity index (χ1n) is 12.1. The Morgan fingerprint density at radius 2 is 1.41 bits per heavy atom. The third-order valence-corrected chi connectivity index (χ3v) is 8.40. The molecule has 2 bridgehead atoms. The molecule has 37 heavy (non-hydrogen) atoms. The average molecular weight is 564 g/mol. The highest BCUT2D eigenvalue weighted by Crippen LogP contribution is 2.65. The number of imide groups is 1. The number of benzene rings is 2. The number of likely N-dealkylation sites (tertiary alicyclic amines) is 1. The molecule has 2 saturated carbocycles. The van der Waals surface area contributed by atoms with Gasteiger partial charge in [0.05, 0.1) is 17.4 Å². The average Bonchev–Trinajstić information content (AvgIpc) is 3.69. The SMILES string of the molecule is O=C(CN1C(=O)C2C3C=CC(C4CC34)C2C1=O)OCC(=O)c1ccc(OC(=O)c2ccc(Br)cc2)cc1. The number of amides is 2. The van der Waals surface area contributed by atoms with Gasteiger partial charge in [-0.25, -0.2) is 4.79 Å². The van der Waals surface area contributed by atoms with Crippen LogP contribution in [0.25, 0.3) is 0 Å². The van der Waals surface area contributed by atoms with Crippen LogP contribution in [0.1, 0.15) is 27.1 Å². The van der Waals surface area contributed by atoms with Crippen LogP contribution in [0.2, 0.25) is 0 Å². The number of halogens is 1. The standard InChI is InChI=1S/C28H22BrNO7/c29-16-5-1-15(2-6-16)28(35)37-17-7-3-14(4-8-17)22(31)13-36-23(32)12-30-26(33)24-18-9-10-19(21-11-20(18)21)25(24)27(30)34/h1-10,18-21,24-25H,11-13H2. The maximum Gasteiger partial charge on any atom is 0.343 e. The van der Waals surface area contributed by atoms with Crippen LogP contribution in [0.15, 0.2) is 65.2 Å². The Balaban J connectivity index is 1.01. The summed E-state index contributed by atoms with van der Waals surface area (Å²) in [6.45, 7) is -1.02. The van der Waals surface area contributed by atoms with E-state index in [0.717, 1.165) is 15.8 Å². The number of ketones is 1. The number of rotatable bonds is 7. The van der Waals surface area contributed by atoms with Gasteiger partial charge in [-0.05, 0) is 78.6 Å². The fourth-order valence-electron chi connectivity index (χ4n) is 6.04. The van der Waals surface area contributed by atoms with Crippen LogP contribution in [0.3, 0.4) is 0 Å². The predicted octanol–water partition coefficient (Wildman–Crippen LogP) is 3.45. The topological polar surface area (TPSA) is 107 Å². The summed E-state index contributed by atoms with van der Waals surface area (Å²) in [6, 6.07) is 12.6. The monoisotopic (exact) mass is 563 g/mol. The van der Waals surface area contributed by atoms with Gasteiger partial charge in [0.2, 0.25) is 11.8 Å². The van der Waals surface area contributed by atoms with Crippen molar-refractivity contribution in [2.45, 2.75) is 6.42 Å². The summed E-state index contributed by atoms with van der Waals surface area (Å²) in [6.07, 6.45) is 5.20. The van der Waals surface area contributed by atoms with Crippen molar-refractivity contribution in [3.63, 3.8) is 0 Å². The summed E-state index contributed by atoms with van der Waals surface area (Å²) in [5, 5.41) is 0. The van der Waals surface area contributed by atoms with Crippen LogP contribution >= 0.6 is 15.9 Å². The first-order chi connectivity index (χ1) is 17.8. The molecule has 1 aliphatic heterocycles. The van der Waals surface area contributed by atoms with E-state index in [0.29, 0.717) is 17.4 Å². The first kappa shape index (κ1) is 23.8. The molecule has 0 aromatic heterocycles. The number of carbonyl (C=O) groups excluding carboxylic acids is 5. The van der Waals surface area contributed by atoms with Gasteiger partial charge in [0.1, 0.15) is 12.3 Å². The molecule has 6 unspecified atom stereocenters. The van der Waals surface area contributed by atoms with Gasteiger partial charge in [-0.15, -0.1) is 0 Å². The summed E-state index contributed by atoms with van der Waals surface area (Å²) in [5.74, 6) is -1.80. The highest BCUT2D eigenvalue weighted by molar-refractivity contribution is 9.10. The number of esters is 2. The van der Waals surface area contributed by atoms with E-state index in [9.17, 15) is 24.0 Å². The van der Waals surface area contributed by atoms with Gasteiger partial charge in [0, 0.05) is 10.0 Å². The second-order valence-corrected chi connectivity index (χ2v) is 10.8. The smallest absolute Gasteiger partial charge is 0.343 e. The van der Waals surface area contributed by atoms with Crippen LogP contribution in [-0.2, 0) is 19.1 Å². The molecular formula is C28H22BrNO7. The summed E-state index contributed by atoms with van der Waals surface area (Å²) in [5.41, 5.74) is 0.641. The van der Waals surface area contributed by atoms with Gasteiger partial charge in [-0.2, -0.15) is 0 Å². The second-order valence-electron chi connectivity index (χ2n) is 9.92. The normalized spacial score (nSPS) is 28.5. The van der Waals surface area contributed by atoms with Gasteiger partial charge in [-0.1, -0.05) is 28.1 Å². The molecule has 2 aromatic carbocycles. The summed E-state index contributed by atoms with van der Waals surface area (Å²) < 4.78 is 11.2. The summed E-state index contributed by atoms with van der Waals surface area (Å²) in [7, 11) is 0. The quantitative estimate of drug-likeness (QED) is 0.167. The molecule has 7 rings (SSSR count). The molecule has 4 aliphatic carbocycles. The Hall–Kier alpha value is -3.59. The second kappa shape index (κ2) is 9.06. The Morgan fingerprint density at radius 3 is 2.00 bits per heavy atom. The molecule has 0 N–H and O–H groups in total. The molecule has 8 nitrogen and oxygen atoms in total. The van der Waals surface area contributed by atoms with Crippen molar-refractivity contribution in [3.05, 3.63) is 76.3 Å². The van der Waals surface area contributed by atoms with E-state index in [4.69, 9.17) is 9.47 Å². The fourth-order valence-corrected chi connectivity index (χ4v) is 6.30.